The Balaban J connectivity index is 0.000000151. The van der Waals surface area contributed by atoms with E-state index in [1.165, 1.54) is 17.5 Å². The van der Waals surface area contributed by atoms with Gasteiger partial charge in [0, 0.05) is 0 Å². The number of hydrogen-bond acceptors (Lipinski definition) is 3. The molecule has 0 fully saturated rings. The highest BCUT2D eigenvalue weighted by atomic mass is 16.3. The number of nitrogens with zero attached hydrogens (tertiary/aromatic N) is 2. The van der Waals surface area contributed by atoms with E-state index in [1.54, 1.807) is 6.33 Å². The molecule has 0 spiro atoms. The molecule has 26 heavy (non-hydrogen) atoms. The first kappa shape index (κ1) is 18.2. The molecule has 0 amide bonds. The van der Waals surface area contributed by atoms with Gasteiger partial charge in [-0.05, 0) is 34.1 Å². The number of rotatable bonds is 0. The standard InChI is InChI=1S/C11H14N2.C11H13NO/c1-11(2,3)8-5-4-6-9-10(8)13-7-12-9;1-11(2,3)8-5-4-6-9-10(8)12-7-13-9/h4-7H,1-3H3,(H,12,13);4-7H,1-3H3. The summed E-state index contributed by atoms with van der Waals surface area (Å²) in [6, 6.07) is 12.3. The van der Waals surface area contributed by atoms with E-state index in [1.807, 2.05) is 12.1 Å². The third-order valence-electron chi connectivity index (χ3n) is 4.43. The van der Waals surface area contributed by atoms with E-state index in [4.69, 9.17) is 4.42 Å². The zero-order valence-electron chi connectivity index (χ0n) is 16.4. The average molecular weight is 349 g/mol. The van der Waals surface area contributed by atoms with Crippen LogP contribution in [-0.2, 0) is 10.8 Å². The number of imidazole rings is 1. The summed E-state index contributed by atoms with van der Waals surface area (Å²) in [5.74, 6) is 0. The van der Waals surface area contributed by atoms with E-state index < -0.39 is 0 Å². The van der Waals surface area contributed by atoms with Crippen molar-refractivity contribution in [1.29, 1.82) is 0 Å². The van der Waals surface area contributed by atoms with E-state index in [0.717, 1.165) is 22.1 Å². The van der Waals surface area contributed by atoms with Gasteiger partial charge in [0.2, 0.25) is 0 Å². The number of nitrogens with one attached hydrogen (secondary N) is 1. The van der Waals surface area contributed by atoms with Crippen LogP contribution in [0.25, 0.3) is 22.1 Å². The molecule has 2 heterocycles. The van der Waals surface area contributed by atoms with Crippen molar-refractivity contribution in [2.24, 2.45) is 0 Å². The highest BCUT2D eigenvalue weighted by molar-refractivity contribution is 5.79. The van der Waals surface area contributed by atoms with Gasteiger partial charge in [-0.1, -0.05) is 65.8 Å². The van der Waals surface area contributed by atoms with Gasteiger partial charge >= 0.3 is 0 Å². The molecule has 2 aromatic heterocycles. The maximum Gasteiger partial charge on any atom is 0.181 e. The van der Waals surface area contributed by atoms with Crippen molar-refractivity contribution < 1.29 is 4.42 Å². The fourth-order valence-corrected chi connectivity index (χ4v) is 3.06. The molecule has 0 aliphatic rings. The lowest BCUT2D eigenvalue weighted by molar-refractivity contribution is 0.592. The van der Waals surface area contributed by atoms with Crippen LogP contribution in [0.15, 0.2) is 53.5 Å². The Labute approximate surface area is 154 Å². The number of benzene rings is 2. The van der Waals surface area contributed by atoms with Crippen LogP contribution in [0.5, 0.6) is 0 Å². The molecule has 0 atom stereocenters. The largest absolute Gasteiger partial charge is 0.443 e. The zero-order chi connectivity index (χ0) is 18.9. The first-order chi connectivity index (χ1) is 12.2. The highest BCUT2D eigenvalue weighted by Crippen LogP contribution is 2.29. The summed E-state index contributed by atoms with van der Waals surface area (Å²) in [7, 11) is 0. The van der Waals surface area contributed by atoms with E-state index in [0.29, 0.717) is 0 Å². The Morgan fingerprint density at radius 2 is 1.38 bits per heavy atom. The van der Waals surface area contributed by atoms with Gasteiger partial charge in [0.1, 0.15) is 5.52 Å². The van der Waals surface area contributed by atoms with Crippen LogP contribution >= 0.6 is 0 Å². The van der Waals surface area contributed by atoms with Gasteiger partial charge in [0.05, 0.1) is 17.4 Å². The normalized spacial score (nSPS) is 12.2. The van der Waals surface area contributed by atoms with Gasteiger partial charge in [-0.25, -0.2) is 9.97 Å². The second-order valence-electron chi connectivity index (χ2n) is 8.61. The molecule has 0 aliphatic heterocycles. The van der Waals surface area contributed by atoms with E-state index in [-0.39, 0.29) is 10.8 Å². The maximum atomic E-state index is 5.24. The number of aromatic amines is 1. The molecule has 0 saturated heterocycles. The molecule has 0 saturated carbocycles. The lowest BCUT2D eigenvalue weighted by Crippen LogP contribution is -2.11. The Hall–Kier alpha value is -2.62. The third-order valence-corrected chi connectivity index (χ3v) is 4.43. The van der Waals surface area contributed by atoms with Crippen LogP contribution in [0.3, 0.4) is 0 Å². The minimum absolute atomic E-state index is 0.121. The van der Waals surface area contributed by atoms with Crippen molar-refractivity contribution in [3.63, 3.8) is 0 Å². The molecule has 0 radical (unpaired) electrons. The first-order valence-corrected chi connectivity index (χ1v) is 8.93. The molecule has 4 heteroatoms. The van der Waals surface area contributed by atoms with Gasteiger partial charge in [-0.3, -0.25) is 0 Å². The minimum atomic E-state index is 0.121. The predicted molar refractivity (Wildman–Crippen MR) is 108 cm³/mol. The quantitative estimate of drug-likeness (QED) is 0.424. The number of oxazole rings is 1. The van der Waals surface area contributed by atoms with Gasteiger partial charge in [-0.15, -0.1) is 0 Å². The van der Waals surface area contributed by atoms with Crippen LogP contribution in [-0.4, -0.2) is 15.0 Å². The lowest BCUT2D eigenvalue weighted by Gasteiger charge is -2.18. The molecule has 0 aliphatic carbocycles. The molecular formula is C22H27N3O. The predicted octanol–water partition coefficient (Wildman–Crippen LogP) is 5.99. The van der Waals surface area contributed by atoms with E-state index >= 15 is 0 Å². The number of H-pyrrole nitrogens is 1. The first-order valence-electron chi connectivity index (χ1n) is 8.93. The van der Waals surface area contributed by atoms with Gasteiger partial charge in [-0.2, -0.15) is 0 Å². The summed E-state index contributed by atoms with van der Waals surface area (Å²) >= 11 is 0. The molecule has 4 nitrogen and oxygen atoms in total. The van der Waals surface area contributed by atoms with Crippen LogP contribution in [0.2, 0.25) is 0 Å². The van der Waals surface area contributed by atoms with Gasteiger partial charge in [0.25, 0.3) is 0 Å². The van der Waals surface area contributed by atoms with Gasteiger partial charge in [0.15, 0.2) is 12.0 Å². The Kier molecular flexibility index (Phi) is 4.61. The van der Waals surface area contributed by atoms with E-state index in [9.17, 15) is 0 Å². The van der Waals surface area contributed by atoms with Crippen molar-refractivity contribution in [2.75, 3.05) is 0 Å². The van der Waals surface area contributed by atoms with Crippen molar-refractivity contribution >= 4 is 22.1 Å². The summed E-state index contributed by atoms with van der Waals surface area (Å²) in [5, 5.41) is 0. The molecule has 1 N–H and O–H groups in total. The number of fused-ring (bicyclic) bond motifs is 2. The van der Waals surface area contributed by atoms with Crippen LogP contribution < -0.4 is 0 Å². The second-order valence-corrected chi connectivity index (χ2v) is 8.61. The molecule has 2 aromatic carbocycles. The van der Waals surface area contributed by atoms with Crippen LogP contribution in [0, 0.1) is 0 Å². The summed E-state index contributed by atoms with van der Waals surface area (Å²) in [5.41, 5.74) is 6.88. The van der Waals surface area contributed by atoms with Crippen molar-refractivity contribution in [3.8, 4) is 0 Å². The molecular weight excluding hydrogens is 322 g/mol. The molecule has 0 bridgehead atoms. The second kappa shape index (κ2) is 6.60. The van der Waals surface area contributed by atoms with E-state index in [2.05, 4.69) is 80.8 Å². The Bertz CT molecular complexity index is 929. The molecule has 4 rings (SSSR count). The van der Waals surface area contributed by atoms with Crippen LogP contribution in [0.1, 0.15) is 52.7 Å². The van der Waals surface area contributed by atoms with Crippen LogP contribution in [0.4, 0.5) is 0 Å². The topological polar surface area (TPSA) is 54.7 Å². The SMILES string of the molecule is CC(C)(C)c1cccc2[nH]cnc12.CC(C)(C)c1cccc2ocnc12. The number of aromatic nitrogens is 3. The van der Waals surface area contributed by atoms with Gasteiger partial charge < -0.3 is 9.40 Å². The summed E-state index contributed by atoms with van der Waals surface area (Å²) in [6.07, 6.45) is 3.25. The lowest BCUT2D eigenvalue weighted by atomic mass is 9.86. The van der Waals surface area contributed by atoms with Crippen molar-refractivity contribution in [2.45, 2.75) is 52.4 Å². The molecule has 136 valence electrons. The minimum Gasteiger partial charge on any atom is -0.443 e. The fraction of sp³-hybridized carbons (Fsp3) is 0.364. The Morgan fingerprint density at radius 3 is 2.04 bits per heavy atom. The monoisotopic (exact) mass is 349 g/mol. The van der Waals surface area contributed by atoms with Crippen molar-refractivity contribution in [3.05, 3.63) is 60.2 Å². The zero-order valence-corrected chi connectivity index (χ0v) is 16.4. The fourth-order valence-electron chi connectivity index (χ4n) is 3.06. The number of para-hydroxylation sites is 2. The van der Waals surface area contributed by atoms with Crippen molar-refractivity contribution in [1.82, 2.24) is 15.0 Å². The summed E-state index contributed by atoms with van der Waals surface area (Å²) in [4.78, 5) is 11.7. The smallest absolute Gasteiger partial charge is 0.181 e. The maximum absolute atomic E-state index is 5.24. The third kappa shape index (κ3) is 3.64. The number of hydrogen-bond donors (Lipinski definition) is 1. The molecule has 0 unspecified atom stereocenters. The average Bonchev–Trinajstić information content (AvgIpc) is 3.21. The Morgan fingerprint density at radius 1 is 0.769 bits per heavy atom. The molecule has 4 aromatic rings. The highest BCUT2D eigenvalue weighted by Gasteiger charge is 2.18. The summed E-state index contributed by atoms with van der Waals surface area (Å²) in [6.45, 7) is 13.1. The summed E-state index contributed by atoms with van der Waals surface area (Å²) < 4.78 is 5.24.